The molecule has 2 saturated heterocycles. The first-order chi connectivity index (χ1) is 25.4. The van der Waals surface area contributed by atoms with E-state index in [1.807, 2.05) is 36.4 Å². The Kier molecular flexibility index (Phi) is 13.1. The normalized spacial score (nSPS) is 21.0. The number of benzene rings is 4. The molecule has 0 bridgehead atoms. The molecule has 274 valence electrons. The highest BCUT2D eigenvalue weighted by molar-refractivity contribution is 5.81. The minimum absolute atomic E-state index is 0.000188. The van der Waals surface area contributed by atoms with Gasteiger partial charge in [-0.15, -0.1) is 0 Å². The summed E-state index contributed by atoms with van der Waals surface area (Å²) in [6.45, 7) is 10.1. The van der Waals surface area contributed by atoms with Gasteiger partial charge in [0.2, 0.25) is 0 Å². The monoisotopic (exact) mass is 706 g/mol. The highest BCUT2D eigenvalue weighted by Gasteiger charge is 2.39. The predicted molar refractivity (Wildman–Crippen MR) is 200 cm³/mol. The van der Waals surface area contributed by atoms with Gasteiger partial charge in [0, 0.05) is 57.3 Å². The molecule has 6 rings (SSSR count). The zero-order chi connectivity index (χ0) is 36.3. The number of hydrogen-bond acceptors (Lipinski definition) is 8. The van der Waals surface area contributed by atoms with Gasteiger partial charge in [0.1, 0.15) is 6.54 Å². The second-order valence-electron chi connectivity index (χ2n) is 13.5. The molecule has 10 nitrogen and oxygen atoms in total. The molecule has 0 saturated carbocycles. The summed E-state index contributed by atoms with van der Waals surface area (Å²) in [5.74, 6) is -0.375. The number of urea groups is 1. The minimum Gasteiger partial charge on any atom is -0.465 e. The number of ether oxygens (including phenoxy) is 3. The molecule has 2 fully saturated rings. The van der Waals surface area contributed by atoms with Gasteiger partial charge in [-0.05, 0) is 40.3 Å². The summed E-state index contributed by atoms with van der Waals surface area (Å²) in [6, 6.07) is 34.4. The van der Waals surface area contributed by atoms with Crippen molar-refractivity contribution < 1.29 is 28.9 Å². The lowest BCUT2D eigenvalue weighted by molar-refractivity contribution is -0.276. The van der Waals surface area contributed by atoms with Gasteiger partial charge in [-0.25, -0.2) is 4.79 Å². The molecule has 52 heavy (non-hydrogen) atoms. The summed E-state index contributed by atoms with van der Waals surface area (Å²) in [5, 5.41) is 15.0. The van der Waals surface area contributed by atoms with E-state index in [0.29, 0.717) is 0 Å². The highest BCUT2D eigenvalue weighted by Crippen LogP contribution is 2.42. The SMILES string of the molecule is CCOC(=O)CNC(=O)NCc1ccccc1-c1ccc(C2OC(CN3CCN(Cc4ccccc4)CC3)C(C)C(c3ccc(CO)cc3)O2)cc1. The molecule has 2 amide bonds. The van der Waals surface area contributed by atoms with Crippen LogP contribution in [-0.4, -0.2) is 78.9 Å². The van der Waals surface area contributed by atoms with Gasteiger partial charge in [-0.2, -0.15) is 0 Å². The number of piperazine rings is 1. The number of rotatable bonds is 13. The van der Waals surface area contributed by atoms with Crippen molar-refractivity contribution in [3.05, 3.63) is 131 Å². The van der Waals surface area contributed by atoms with Crippen molar-refractivity contribution >= 4 is 12.0 Å². The van der Waals surface area contributed by atoms with E-state index >= 15 is 0 Å². The summed E-state index contributed by atoms with van der Waals surface area (Å²) in [5.41, 5.74) is 7.14. The van der Waals surface area contributed by atoms with E-state index in [1.54, 1.807) is 6.92 Å². The second kappa shape index (κ2) is 18.3. The Morgan fingerprint density at radius 2 is 1.46 bits per heavy atom. The van der Waals surface area contributed by atoms with Crippen molar-refractivity contribution in [3.63, 3.8) is 0 Å². The first-order valence-electron chi connectivity index (χ1n) is 18.2. The van der Waals surface area contributed by atoms with Crippen molar-refractivity contribution in [1.82, 2.24) is 20.4 Å². The molecule has 0 spiro atoms. The van der Waals surface area contributed by atoms with Crippen LogP contribution in [0.3, 0.4) is 0 Å². The average Bonchev–Trinajstić information content (AvgIpc) is 3.18. The van der Waals surface area contributed by atoms with Gasteiger partial charge in [0.15, 0.2) is 6.29 Å². The van der Waals surface area contributed by atoms with Crippen LogP contribution >= 0.6 is 0 Å². The molecule has 2 aliphatic rings. The first-order valence-corrected chi connectivity index (χ1v) is 18.2. The average molecular weight is 707 g/mol. The van der Waals surface area contributed by atoms with Crippen LogP contribution in [-0.2, 0) is 38.7 Å². The van der Waals surface area contributed by atoms with Gasteiger partial charge in [-0.1, -0.05) is 110 Å². The summed E-state index contributed by atoms with van der Waals surface area (Å²) in [7, 11) is 0. The predicted octanol–water partition coefficient (Wildman–Crippen LogP) is 5.82. The quantitative estimate of drug-likeness (QED) is 0.149. The Morgan fingerprint density at radius 1 is 0.788 bits per heavy atom. The first kappa shape index (κ1) is 37.2. The van der Waals surface area contributed by atoms with Crippen LogP contribution in [0, 0.1) is 5.92 Å². The zero-order valence-electron chi connectivity index (χ0n) is 30.1. The number of carbonyl (C=O) groups is 2. The molecule has 4 aromatic rings. The molecule has 4 aromatic carbocycles. The summed E-state index contributed by atoms with van der Waals surface area (Å²) in [6.07, 6.45) is -0.794. The van der Waals surface area contributed by atoms with E-state index < -0.39 is 18.3 Å². The lowest BCUT2D eigenvalue weighted by Crippen LogP contribution is -2.51. The van der Waals surface area contributed by atoms with Crippen molar-refractivity contribution in [1.29, 1.82) is 0 Å². The molecule has 3 N–H and O–H groups in total. The Balaban J connectivity index is 1.13. The Bertz CT molecular complexity index is 1730. The van der Waals surface area contributed by atoms with Crippen LogP contribution in [0.5, 0.6) is 0 Å². The second-order valence-corrected chi connectivity index (χ2v) is 13.5. The zero-order valence-corrected chi connectivity index (χ0v) is 30.1. The van der Waals surface area contributed by atoms with E-state index in [2.05, 4.69) is 94.1 Å². The lowest BCUT2D eigenvalue weighted by atomic mass is 9.89. The fourth-order valence-corrected chi connectivity index (χ4v) is 6.93. The number of amides is 2. The topological polar surface area (TPSA) is 113 Å². The molecular weight excluding hydrogens is 656 g/mol. The number of esters is 1. The molecule has 2 aliphatic heterocycles. The maximum atomic E-state index is 12.3. The molecule has 4 unspecified atom stereocenters. The van der Waals surface area contributed by atoms with Gasteiger partial charge in [0.05, 0.1) is 25.4 Å². The number of carbonyl (C=O) groups excluding carboxylic acids is 2. The molecule has 0 aromatic heterocycles. The van der Waals surface area contributed by atoms with Crippen molar-refractivity contribution in [2.45, 2.75) is 52.0 Å². The Labute approximate surface area is 306 Å². The van der Waals surface area contributed by atoms with Crippen LogP contribution in [0.15, 0.2) is 103 Å². The van der Waals surface area contributed by atoms with Gasteiger partial charge in [0.25, 0.3) is 0 Å². The van der Waals surface area contributed by atoms with Crippen LogP contribution in [0.25, 0.3) is 11.1 Å². The summed E-state index contributed by atoms with van der Waals surface area (Å²) >= 11 is 0. The number of aliphatic hydroxyl groups is 1. The molecular formula is C42H50N4O6. The molecule has 2 heterocycles. The molecule has 0 radical (unpaired) electrons. The fourth-order valence-electron chi connectivity index (χ4n) is 6.93. The van der Waals surface area contributed by atoms with Gasteiger partial charge >= 0.3 is 12.0 Å². The number of nitrogens with zero attached hydrogens (tertiary/aromatic N) is 2. The van der Waals surface area contributed by atoms with E-state index in [-0.39, 0.29) is 44.4 Å². The minimum atomic E-state index is -0.558. The highest BCUT2D eigenvalue weighted by atomic mass is 16.7. The van der Waals surface area contributed by atoms with Crippen LogP contribution in [0.2, 0.25) is 0 Å². The molecule has 4 atom stereocenters. The van der Waals surface area contributed by atoms with Crippen LogP contribution in [0.1, 0.15) is 54.1 Å². The van der Waals surface area contributed by atoms with E-state index in [0.717, 1.165) is 72.6 Å². The molecule has 10 heteroatoms. The van der Waals surface area contributed by atoms with Gasteiger partial charge in [-0.3, -0.25) is 14.6 Å². The summed E-state index contributed by atoms with van der Waals surface area (Å²) < 4.78 is 18.4. The lowest BCUT2D eigenvalue weighted by Gasteiger charge is -2.44. The third kappa shape index (κ3) is 9.84. The van der Waals surface area contributed by atoms with Crippen molar-refractivity contribution in [2.24, 2.45) is 5.92 Å². The van der Waals surface area contributed by atoms with Crippen molar-refractivity contribution in [3.8, 4) is 11.1 Å². The summed E-state index contributed by atoms with van der Waals surface area (Å²) in [4.78, 5) is 29.0. The maximum Gasteiger partial charge on any atom is 0.325 e. The number of aliphatic hydroxyl groups excluding tert-OH is 1. The third-order valence-corrected chi connectivity index (χ3v) is 9.92. The molecule has 0 aliphatic carbocycles. The Morgan fingerprint density at radius 3 is 2.17 bits per heavy atom. The van der Waals surface area contributed by atoms with E-state index in [9.17, 15) is 14.7 Å². The number of nitrogens with one attached hydrogen (secondary N) is 2. The van der Waals surface area contributed by atoms with E-state index in [4.69, 9.17) is 14.2 Å². The number of hydrogen-bond donors (Lipinski definition) is 3. The van der Waals surface area contributed by atoms with Gasteiger partial charge < -0.3 is 30.0 Å². The fraction of sp³-hybridized carbons (Fsp3) is 0.381. The Hall–Kier alpha value is -4.58. The van der Waals surface area contributed by atoms with E-state index in [1.165, 1.54) is 5.56 Å². The standard InChI is InChI=1S/C42H50N4O6/c1-3-50-39(48)26-44-42(49)43-25-36-11-7-8-12-37(36)33-17-19-35(20-18-33)41-51-38(30(2)40(52-41)34-15-13-32(29-47)14-16-34)28-46-23-21-45(22-24-46)27-31-9-5-4-6-10-31/h4-20,30,38,40-41,47H,3,21-29H2,1-2H3,(H2,43,44,49). The van der Waals surface area contributed by atoms with Crippen molar-refractivity contribution in [2.75, 3.05) is 45.9 Å². The third-order valence-electron chi connectivity index (χ3n) is 9.92. The van der Waals surface area contributed by atoms with Crippen LogP contribution < -0.4 is 10.6 Å². The smallest absolute Gasteiger partial charge is 0.325 e. The maximum absolute atomic E-state index is 12.3. The van der Waals surface area contributed by atoms with Crippen LogP contribution in [0.4, 0.5) is 4.79 Å². The largest absolute Gasteiger partial charge is 0.465 e.